The second-order valence-electron chi connectivity index (χ2n) is 7.14. The molecule has 0 spiro atoms. The van der Waals surface area contributed by atoms with Crippen LogP contribution in [-0.4, -0.2) is 44.3 Å². The number of rotatable bonds is 5. The van der Waals surface area contributed by atoms with Crippen LogP contribution in [0.3, 0.4) is 0 Å². The van der Waals surface area contributed by atoms with Gasteiger partial charge in [0, 0.05) is 18.5 Å². The number of aromatic amines is 1. The summed E-state index contributed by atoms with van der Waals surface area (Å²) in [5.74, 6) is -1.01. The molecule has 2 fully saturated rings. The minimum atomic E-state index is -0.389. The van der Waals surface area contributed by atoms with Gasteiger partial charge in [-0.2, -0.15) is 4.98 Å². The largest absolute Gasteiger partial charge is 0.293 e. The van der Waals surface area contributed by atoms with Crippen molar-refractivity contribution < 1.29 is 18.8 Å². The summed E-state index contributed by atoms with van der Waals surface area (Å²) in [5, 5.41) is 9.13. The number of hydrogen-bond donors (Lipinski definition) is 2. The Labute approximate surface area is 160 Å². The van der Waals surface area contributed by atoms with Crippen LogP contribution in [0.15, 0.2) is 24.3 Å². The first-order valence-corrected chi connectivity index (χ1v) is 9.36. The number of benzene rings is 1. The third-order valence-corrected chi connectivity index (χ3v) is 5.35. The van der Waals surface area contributed by atoms with Crippen molar-refractivity contribution >= 4 is 23.7 Å². The smallest absolute Gasteiger partial charge is 0.249 e. The highest BCUT2D eigenvalue weighted by Crippen LogP contribution is 2.37. The molecule has 2 N–H and O–H groups in total. The number of carbonyl (C=O) groups is 3. The van der Waals surface area contributed by atoms with Gasteiger partial charge in [0.1, 0.15) is 5.82 Å². The number of H-pyrrole nitrogens is 1. The van der Waals surface area contributed by atoms with Gasteiger partial charge in [0.25, 0.3) is 0 Å². The molecule has 3 amide bonds. The molecule has 1 aromatic carbocycles. The lowest BCUT2D eigenvalue weighted by Gasteiger charge is -2.19. The Balaban J connectivity index is 1.33. The van der Waals surface area contributed by atoms with E-state index in [9.17, 15) is 18.8 Å². The van der Waals surface area contributed by atoms with Gasteiger partial charge in [0.05, 0.1) is 11.8 Å². The van der Waals surface area contributed by atoms with Crippen molar-refractivity contribution in [3.8, 4) is 11.4 Å². The first-order valence-electron chi connectivity index (χ1n) is 9.36. The lowest BCUT2D eigenvalue weighted by atomic mass is 9.81. The monoisotopic (exact) mass is 385 g/mol. The molecule has 8 nitrogen and oxygen atoms in total. The van der Waals surface area contributed by atoms with E-state index in [0.29, 0.717) is 11.4 Å². The molecule has 9 heteroatoms. The third-order valence-electron chi connectivity index (χ3n) is 5.35. The molecule has 1 aliphatic heterocycles. The van der Waals surface area contributed by atoms with Crippen LogP contribution in [-0.2, 0) is 14.4 Å². The first-order chi connectivity index (χ1) is 13.5. The van der Waals surface area contributed by atoms with Crippen molar-refractivity contribution in [1.82, 2.24) is 20.1 Å². The summed E-state index contributed by atoms with van der Waals surface area (Å²) < 4.78 is 13.0. The lowest BCUT2D eigenvalue weighted by Crippen LogP contribution is -2.34. The predicted octanol–water partition coefficient (Wildman–Crippen LogP) is 2.11. The van der Waals surface area contributed by atoms with E-state index < -0.39 is 0 Å². The normalized spacial score (nSPS) is 21.7. The molecule has 2 aromatic rings. The highest BCUT2D eigenvalue weighted by molar-refractivity contribution is 6.05. The Bertz CT molecular complexity index is 887. The molecule has 1 saturated carbocycles. The summed E-state index contributed by atoms with van der Waals surface area (Å²) in [6, 6.07) is 5.70. The molecular formula is C19H20FN5O3. The van der Waals surface area contributed by atoms with Gasteiger partial charge in [-0.3, -0.25) is 29.7 Å². The van der Waals surface area contributed by atoms with Gasteiger partial charge >= 0.3 is 0 Å². The summed E-state index contributed by atoms with van der Waals surface area (Å²) in [4.78, 5) is 42.4. The number of anilines is 1. The van der Waals surface area contributed by atoms with E-state index in [1.807, 2.05) is 0 Å². The Morgan fingerprint density at radius 2 is 1.79 bits per heavy atom. The molecule has 2 heterocycles. The van der Waals surface area contributed by atoms with Crippen LogP contribution in [0, 0.1) is 17.7 Å². The Kier molecular flexibility index (Phi) is 4.89. The van der Waals surface area contributed by atoms with Crippen LogP contribution in [0.4, 0.5) is 10.3 Å². The van der Waals surface area contributed by atoms with Crippen LogP contribution in [0.1, 0.15) is 32.1 Å². The first kappa shape index (κ1) is 18.3. The summed E-state index contributed by atoms with van der Waals surface area (Å²) in [6.07, 6.45) is 3.42. The number of hydrogen-bond acceptors (Lipinski definition) is 5. The second kappa shape index (κ2) is 7.49. The zero-order chi connectivity index (χ0) is 19.7. The van der Waals surface area contributed by atoms with E-state index in [1.165, 1.54) is 17.0 Å². The van der Waals surface area contributed by atoms with Gasteiger partial charge in [0.15, 0.2) is 5.82 Å². The van der Waals surface area contributed by atoms with Gasteiger partial charge in [-0.1, -0.05) is 12.8 Å². The number of imide groups is 1. The SMILES string of the molecule is O=C(CCN1C(=O)[C@@H]2CCCC[C@H]2C1=O)Nc1n[nH]c(-c2ccc(F)cc2)n1. The highest BCUT2D eigenvalue weighted by atomic mass is 19.1. The van der Waals surface area contributed by atoms with Gasteiger partial charge in [0.2, 0.25) is 23.7 Å². The maximum Gasteiger partial charge on any atom is 0.249 e. The molecule has 2 aliphatic rings. The summed E-state index contributed by atoms with van der Waals surface area (Å²) in [6.45, 7) is 0.0613. The fourth-order valence-electron chi connectivity index (χ4n) is 3.91. The number of aromatic nitrogens is 3. The van der Waals surface area contributed by atoms with E-state index in [2.05, 4.69) is 20.5 Å². The number of likely N-dealkylation sites (tertiary alicyclic amines) is 1. The van der Waals surface area contributed by atoms with E-state index in [1.54, 1.807) is 12.1 Å². The fraction of sp³-hybridized carbons (Fsp3) is 0.421. The molecule has 4 rings (SSSR count). The standard InChI is InChI=1S/C19H20FN5O3/c20-12-7-5-11(6-8-12)16-22-19(24-23-16)21-15(26)9-10-25-17(27)13-3-1-2-4-14(13)18(25)28/h5-8,13-14H,1-4,9-10H2,(H2,21,22,23,24,26)/t13-,14-/m1/s1. The number of nitrogens with zero attached hydrogens (tertiary/aromatic N) is 3. The molecule has 0 unspecified atom stereocenters. The molecule has 1 saturated heterocycles. The lowest BCUT2D eigenvalue weighted by molar-refractivity contribution is -0.140. The van der Waals surface area contributed by atoms with Crippen molar-refractivity contribution in [2.24, 2.45) is 11.8 Å². The second-order valence-corrected chi connectivity index (χ2v) is 7.14. The zero-order valence-electron chi connectivity index (χ0n) is 15.2. The zero-order valence-corrected chi connectivity index (χ0v) is 15.2. The number of fused-ring (bicyclic) bond motifs is 1. The highest BCUT2D eigenvalue weighted by Gasteiger charge is 2.47. The van der Waals surface area contributed by atoms with Crippen LogP contribution in [0.5, 0.6) is 0 Å². The van der Waals surface area contributed by atoms with Gasteiger partial charge in [-0.15, -0.1) is 5.10 Å². The van der Waals surface area contributed by atoms with Crippen LogP contribution in [0.2, 0.25) is 0 Å². The molecule has 0 radical (unpaired) electrons. The number of nitrogens with one attached hydrogen (secondary N) is 2. The molecular weight excluding hydrogens is 365 g/mol. The topological polar surface area (TPSA) is 108 Å². The van der Waals surface area contributed by atoms with Crippen molar-refractivity contribution in [1.29, 1.82) is 0 Å². The van der Waals surface area contributed by atoms with Crippen LogP contribution in [0.25, 0.3) is 11.4 Å². The van der Waals surface area contributed by atoms with Crippen LogP contribution < -0.4 is 5.32 Å². The molecule has 1 aromatic heterocycles. The Morgan fingerprint density at radius 1 is 1.14 bits per heavy atom. The van der Waals surface area contributed by atoms with E-state index >= 15 is 0 Å². The number of halogens is 1. The van der Waals surface area contributed by atoms with Gasteiger partial charge in [-0.25, -0.2) is 4.39 Å². The van der Waals surface area contributed by atoms with Crippen molar-refractivity contribution in [2.75, 3.05) is 11.9 Å². The van der Waals surface area contributed by atoms with Crippen molar-refractivity contribution in [2.45, 2.75) is 32.1 Å². The summed E-state index contributed by atoms with van der Waals surface area (Å²) >= 11 is 0. The fourth-order valence-corrected chi connectivity index (χ4v) is 3.91. The van der Waals surface area contributed by atoms with Gasteiger partial charge < -0.3 is 0 Å². The maximum atomic E-state index is 13.0. The third kappa shape index (κ3) is 3.51. The molecule has 146 valence electrons. The predicted molar refractivity (Wildman–Crippen MR) is 97.2 cm³/mol. The Morgan fingerprint density at radius 3 is 2.43 bits per heavy atom. The number of carbonyl (C=O) groups excluding carboxylic acids is 3. The minimum absolute atomic E-state index is 0.0165. The molecule has 0 bridgehead atoms. The van der Waals surface area contributed by atoms with E-state index in [-0.39, 0.29) is 54.3 Å². The summed E-state index contributed by atoms with van der Waals surface area (Å²) in [5.41, 5.74) is 0.630. The maximum absolute atomic E-state index is 13.0. The molecule has 2 atom stereocenters. The van der Waals surface area contributed by atoms with Crippen molar-refractivity contribution in [3.63, 3.8) is 0 Å². The van der Waals surface area contributed by atoms with Gasteiger partial charge in [-0.05, 0) is 37.1 Å². The Hall–Kier alpha value is -3.10. The number of amides is 3. The van der Waals surface area contributed by atoms with E-state index in [4.69, 9.17) is 0 Å². The molecule has 1 aliphatic carbocycles. The molecule has 28 heavy (non-hydrogen) atoms. The minimum Gasteiger partial charge on any atom is -0.293 e. The quantitative estimate of drug-likeness (QED) is 0.767. The van der Waals surface area contributed by atoms with Crippen molar-refractivity contribution in [3.05, 3.63) is 30.1 Å². The average Bonchev–Trinajstić information content (AvgIpc) is 3.25. The van der Waals surface area contributed by atoms with Crippen LogP contribution >= 0.6 is 0 Å². The van der Waals surface area contributed by atoms with E-state index in [0.717, 1.165) is 25.7 Å². The summed E-state index contributed by atoms with van der Waals surface area (Å²) in [7, 11) is 0. The average molecular weight is 385 g/mol.